The van der Waals surface area contributed by atoms with Crippen molar-refractivity contribution in [3.05, 3.63) is 0 Å². The van der Waals surface area contributed by atoms with Crippen molar-refractivity contribution >= 4 is 5.97 Å². The van der Waals surface area contributed by atoms with Gasteiger partial charge in [0.15, 0.2) is 0 Å². The average molecular weight is 284 g/mol. The van der Waals surface area contributed by atoms with Gasteiger partial charge in [0, 0.05) is 19.2 Å². The van der Waals surface area contributed by atoms with Gasteiger partial charge in [0.1, 0.15) is 5.54 Å². The van der Waals surface area contributed by atoms with E-state index in [1.54, 1.807) is 0 Å². The highest BCUT2D eigenvalue weighted by atomic mass is 16.5. The number of carbonyl (C=O) groups is 1. The molecule has 0 spiro atoms. The third-order valence-electron chi connectivity index (χ3n) is 4.54. The van der Waals surface area contributed by atoms with Crippen LogP contribution in [0.25, 0.3) is 0 Å². The Bertz CT molecular complexity index is 327. The van der Waals surface area contributed by atoms with Crippen LogP contribution in [-0.2, 0) is 14.3 Å². The van der Waals surface area contributed by atoms with Gasteiger partial charge in [-0.25, -0.2) is 4.79 Å². The summed E-state index contributed by atoms with van der Waals surface area (Å²) in [6.07, 6.45) is 4.29. The van der Waals surface area contributed by atoms with Crippen LogP contribution in [0.3, 0.4) is 0 Å². The number of methoxy groups -OCH3 is 1. The van der Waals surface area contributed by atoms with Gasteiger partial charge in [-0.05, 0) is 45.2 Å². The Morgan fingerprint density at radius 1 is 1.45 bits per heavy atom. The topological polar surface area (TPSA) is 50.8 Å². The van der Waals surface area contributed by atoms with Crippen molar-refractivity contribution in [3.8, 4) is 0 Å². The molecule has 116 valence electrons. The van der Waals surface area contributed by atoms with E-state index in [9.17, 15) is 4.79 Å². The van der Waals surface area contributed by atoms with Crippen LogP contribution in [0.1, 0.15) is 32.6 Å². The molecule has 1 heterocycles. The molecule has 0 bridgehead atoms. The number of esters is 1. The zero-order chi connectivity index (χ0) is 14.6. The maximum absolute atomic E-state index is 12.4. The molecule has 5 heteroatoms. The lowest BCUT2D eigenvalue weighted by Crippen LogP contribution is -2.62. The molecule has 20 heavy (non-hydrogen) atoms. The molecule has 1 aliphatic heterocycles. The molecule has 0 aromatic rings. The summed E-state index contributed by atoms with van der Waals surface area (Å²) < 4.78 is 10.6. The molecule has 0 amide bonds. The van der Waals surface area contributed by atoms with E-state index >= 15 is 0 Å². The Hall–Kier alpha value is -0.650. The number of ether oxygens (including phenoxy) is 2. The zero-order valence-corrected chi connectivity index (χ0v) is 13.0. The minimum Gasteiger partial charge on any atom is -0.468 e. The zero-order valence-electron chi connectivity index (χ0n) is 13.0. The number of likely N-dealkylation sites (N-methyl/N-ethyl adjacent to an activating group) is 1. The van der Waals surface area contributed by atoms with Crippen molar-refractivity contribution in [2.24, 2.45) is 5.92 Å². The number of hydrogen-bond acceptors (Lipinski definition) is 5. The summed E-state index contributed by atoms with van der Waals surface area (Å²) in [6, 6.07) is 0.418. The fourth-order valence-corrected chi connectivity index (χ4v) is 3.13. The van der Waals surface area contributed by atoms with E-state index < -0.39 is 5.54 Å². The highest BCUT2D eigenvalue weighted by Gasteiger charge is 2.52. The van der Waals surface area contributed by atoms with Gasteiger partial charge in [0.05, 0.1) is 13.7 Å². The van der Waals surface area contributed by atoms with E-state index in [0.29, 0.717) is 18.5 Å². The Morgan fingerprint density at radius 2 is 2.20 bits per heavy atom. The van der Waals surface area contributed by atoms with Crippen LogP contribution in [0, 0.1) is 5.92 Å². The quantitative estimate of drug-likeness (QED) is 0.675. The van der Waals surface area contributed by atoms with E-state index in [4.69, 9.17) is 9.47 Å². The summed E-state index contributed by atoms with van der Waals surface area (Å²) in [7, 11) is 3.58. The predicted octanol–water partition coefficient (Wildman–Crippen LogP) is 1.03. The maximum Gasteiger partial charge on any atom is 0.327 e. The molecule has 2 rings (SSSR count). The second-order valence-corrected chi connectivity index (χ2v) is 6.10. The van der Waals surface area contributed by atoms with Gasteiger partial charge in [-0.3, -0.25) is 4.90 Å². The molecule has 1 N–H and O–H groups in total. The number of nitrogens with one attached hydrogen (secondary N) is 1. The van der Waals surface area contributed by atoms with Gasteiger partial charge in [-0.15, -0.1) is 0 Å². The molecule has 1 saturated heterocycles. The van der Waals surface area contributed by atoms with Crippen molar-refractivity contribution in [1.82, 2.24) is 10.2 Å². The van der Waals surface area contributed by atoms with E-state index in [2.05, 4.69) is 24.2 Å². The van der Waals surface area contributed by atoms with E-state index in [1.165, 1.54) is 7.11 Å². The van der Waals surface area contributed by atoms with Gasteiger partial charge in [-0.2, -0.15) is 0 Å². The van der Waals surface area contributed by atoms with E-state index in [0.717, 1.165) is 45.4 Å². The van der Waals surface area contributed by atoms with Crippen LogP contribution < -0.4 is 5.32 Å². The van der Waals surface area contributed by atoms with Crippen LogP contribution in [-0.4, -0.2) is 62.9 Å². The van der Waals surface area contributed by atoms with Gasteiger partial charge >= 0.3 is 5.97 Å². The summed E-state index contributed by atoms with van der Waals surface area (Å²) in [5, 5.41) is 3.49. The normalized spacial score (nSPS) is 25.7. The van der Waals surface area contributed by atoms with Gasteiger partial charge in [0.2, 0.25) is 0 Å². The van der Waals surface area contributed by atoms with Crippen LogP contribution in [0.15, 0.2) is 0 Å². The molecule has 2 fully saturated rings. The van der Waals surface area contributed by atoms with Crippen LogP contribution in [0.2, 0.25) is 0 Å². The summed E-state index contributed by atoms with van der Waals surface area (Å²) in [6.45, 7) is 5.27. The molecule has 0 aromatic carbocycles. The molecule has 0 radical (unpaired) electrons. The van der Waals surface area contributed by atoms with E-state index in [1.807, 2.05) is 0 Å². The Labute approximate surface area is 122 Å². The van der Waals surface area contributed by atoms with Crippen molar-refractivity contribution in [3.63, 3.8) is 0 Å². The number of nitrogens with zero attached hydrogens (tertiary/aromatic N) is 1. The molecule has 2 aliphatic rings. The Kier molecular flexibility index (Phi) is 5.41. The first kappa shape index (κ1) is 15.7. The summed E-state index contributed by atoms with van der Waals surface area (Å²) in [5.41, 5.74) is -0.540. The minimum atomic E-state index is -0.540. The standard InChI is InChI=1S/C15H28N2O3/c1-4-8-16-15(12-5-6-12,14(18)19-3)11-17(2)13-7-9-20-10-13/h12-13,16H,4-11H2,1-3H3. The molecule has 2 atom stereocenters. The van der Waals surface area contributed by atoms with Gasteiger partial charge in [0.25, 0.3) is 0 Å². The number of rotatable bonds is 8. The van der Waals surface area contributed by atoms with Gasteiger partial charge in [-0.1, -0.05) is 6.92 Å². The lowest BCUT2D eigenvalue weighted by Gasteiger charge is -2.37. The molecular formula is C15H28N2O3. The number of carbonyl (C=O) groups excluding carboxylic acids is 1. The summed E-state index contributed by atoms with van der Waals surface area (Å²) in [5.74, 6) is 0.297. The first-order valence-electron chi connectivity index (χ1n) is 7.75. The predicted molar refractivity (Wildman–Crippen MR) is 77.6 cm³/mol. The van der Waals surface area contributed by atoms with Crippen LogP contribution in [0.4, 0.5) is 0 Å². The first-order chi connectivity index (χ1) is 9.64. The highest BCUT2D eigenvalue weighted by Crippen LogP contribution is 2.41. The molecule has 1 aliphatic carbocycles. The van der Waals surface area contributed by atoms with Crippen molar-refractivity contribution in [2.45, 2.75) is 44.2 Å². The summed E-state index contributed by atoms with van der Waals surface area (Å²) in [4.78, 5) is 14.7. The van der Waals surface area contributed by atoms with Crippen molar-refractivity contribution in [2.75, 3.05) is 40.5 Å². The lowest BCUT2D eigenvalue weighted by molar-refractivity contribution is -0.151. The number of hydrogen-bond donors (Lipinski definition) is 1. The SMILES string of the molecule is CCCNC(CN(C)C1CCOC1)(C(=O)OC)C1CC1. The maximum atomic E-state index is 12.4. The van der Waals surface area contributed by atoms with Crippen LogP contribution in [0.5, 0.6) is 0 Å². The fraction of sp³-hybridized carbons (Fsp3) is 0.933. The third-order valence-corrected chi connectivity index (χ3v) is 4.54. The lowest BCUT2D eigenvalue weighted by atomic mass is 9.91. The molecule has 5 nitrogen and oxygen atoms in total. The third kappa shape index (κ3) is 3.32. The van der Waals surface area contributed by atoms with E-state index in [-0.39, 0.29) is 5.97 Å². The fourth-order valence-electron chi connectivity index (χ4n) is 3.13. The van der Waals surface area contributed by atoms with Crippen molar-refractivity contribution < 1.29 is 14.3 Å². The van der Waals surface area contributed by atoms with Gasteiger partial charge < -0.3 is 14.8 Å². The largest absolute Gasteiger partial charge is 0.468 e. The second kappa shape index (κ2) is 6.87. The molecular weight excluding hydrogens is 256 g/mol. The average Bonchev–Trinajstić information content (AvgIpc) is 3.17. The van der Waals surface area contributed by atoms with Crippen molar-refractivity contribution in [1.29, 1.82) is 0 Å². The second-order valence-electron chi connectivity index (χ2n) is 6.10. The Morgan fingerprint density at radius 3 is 2.70 bits per heavy atom. The molecule has 1 saturated carbocycles. The van der Waals surface area contributed by atoms with Crippen LogP contribution >= 0.6 is 0 Å². The Balaban J connectivity index is 2.09. The smallest absolute Gasteiger partial charge is 0.327 e. The highest BCUT2D eigenvalue weighted by molar-refractivity contribution is 5.82. The summed E-state index contributed by atoms with van der Waals surface area (Å²) >= 11 is 0. The minimum absolute atomic E-state index is 0.112. The molecule has 2 unspecified atom stereocenters. The monoisotopic (exact) mass is 284 g/mol. The molecule has 0 aromatic heterocycles. The first-order valence-corrected chi connectivity index (χ1v) is 7.75.